The molecule has 0 radical (unpaired) electrons. The van der Waals surface area contributed by atoms with Crippen molar-refractivity contribution in [1.82, 2.24) is 14.9 Å². The summed E-state index contributed by atoms with van der Waals surface area (Å²) in [7, 11) is -4.73. The number of hydrogen-bond acceptors (Lipinski definition) is 8. The highest BCUT2D eigenvalue weighted by molar-refractivity contribution is 7.46. The number of nitrogens with one attached hydrogen (secondary N) is 2. The number of aromatic nitrogens is 2. The molecule has 0 saturated carbocycles. The Morgan fingerprint density at radius 2 is 2.13 bits per heavy atom. The molecule has 3 heterocycles. The third kappa shape index (κ3) is 3.10. The number of nitrogens with zero attached hydrogens (tertiary/aromatic N) is 2. The normalized spacial score (nSPS) is 30.7. The van der Waals surface area contributed by atoms with Gasteiger partial charge in [-0.15, -0.1) is 0 Å². The van der Waals surface area contributed by atoms with Gasteiger partial charge in [-0.3, -0.25) is 13.9 Å². The van der Waals surface area contributed by atoms with Crippen molar-refractivity contribution in [3.8, 4) is 0 Å². The molecule has 1 amide bonds. The number of rotatable bonds is 4. The standard InChI is InChI=1S/C10H15N4O8P/c15-6-4(1-21-23(18,19)20)22-10(7(6)16)14-3-13-5-8(14)11-2-12-9(5)17/h3-4,6-7,10-11,15-16H,1-2H2,(H,12,17)(H2,18,19,20)/t4-,6-,7-,10?/m0/s1. The van der Waals surface area contributed by atoms with Gasteiger partial charge in [-0.2, -0.15) is 0 Å². The fourth-order valence-corrected chi connectivity index (χ4v) is 2.80. The van der Waals surface area contributed by atoms with Crippen LogP contribution in [0.3, 0.4) is 0 Å². The number of fused-ring (bicyclic) bond motifs is 1. The molecule has 128 valence electrons. The molecule has 2 aliphatic rings. The SMILES string of the molecule is O=C1NCNc2c1ncn2C1O[C@@H](COP(=O)(O)O)[C@H](O)[C@@H]1O. The molecular formula is C10H15N4O8P. The molecule has 13 heteroatoms. The number of phosphoric ester groups is 1. The molecule has 1 unspecified atom stereocenters. The molecule has 0 bridgehead atoms. The fraction of sp³-hybridized carbons (Fsp3) is 0.600. The van der Waals surface area contributed by atoms with Crippen LogP contribution in [0, 0.1) is 0 Å². The molecule has 0 aromatic carbocycles. The molecule has 23 heavy (non-hydrogen) atoms. The zero-order chi connectivity index (χ0) is 16.8. The molecule has 4 atom stereocenters. The van der Waals surface area contributed by atoms with Crippen LogP contribution >= 0.6 is 7.82 Å². The van der Waals surface area contributed by atoms with E-state index >= 15 is 0 Å². The predicted octanol–water partition coefficient (Wildman–Crippen LogP) is -2.28. The van der Waals surface area contributed by atoms with Gasteiger partial charge in [0.2, 0.25) is 0 Å². The van der Waals surface area contributed by atoms with Crippen molar-refractivity contribution in [3.63, 3.8) is 0 Å². The number of ether oxygens (including phenoxy) is 1. The topological polar surface area (TPSA) is 175 Å². The zero-order valence-corrected chi connectivity index (χ0v) is 12.5. The van der Waals surface area contributed by atoms with Gasteiger partial charge in [-0.25, -0.2) is 9.55 Å². The maximum absolute atomic E-state index is 11.7. The second kappa shape index (κ2) is 5.83. The van der Waals surface area contributed by atoms with Crippen LogP contribution in [0.4, 0.5) is 5.82 Å². The Morgan fingerprint density at radius 1 is 1.39 bits per heavy atom. The highest BCUT2D eigenvalue weighted by atomic mass is 31.2. The minimum atomic E-state index is -4.73. The largest absolute Gasteiger partial charge is 0.469 e. The fourth-order valence-electron chi connectivity index (χ4n) is 2.45. The van der Waals surface area contributed by atoms with E-state index in [0.717, 1.165) is 0 Å². The van der Waals surface area contributed by atoms with Gasteiger partial charge >= 0.3 is 7.82 Å². The predicted molar refractivity (Wildman–Crippen MR) is 72.1 cm³/mol. The van der Waals surface area contributed by atoms with Gasteiger partial charge in [-0.05, 0) is 0 Å². The van der Waals surface area contributed by atoms with Crippen LogP contribution in [0.15, 0.2) is 6.33 Å². The zero-order valence-electron chi connectivity index (χ0n) is 11.6. The molecule has 3 rings (SSSR count). The van der Waals surface area contributed by atoms with E-state index in [2.05, 4.69) is 20.1 Å². The second-order valence-electron chi connectivity index (χ2n) is 5.04. The monoisotopic (exact) mass is 350 g/mol. The maximum Gasteiger partial charge on any atom is 0.469 e. The van der Waals surface area contributed by atoms with Crippen LogP contribution in [-0.2, 0) is 13.8 Å². The van der Waals surface area contributed by atoms with E-state index in [-0.39, 0.29) is 12.4 Å². The van der Waals surface area contributed by atoms with E-state index in [1.54, 1.807) is 0 Å². The molecule has 1 saturated heterocycles. The number of aliphatic hydroxyl groups is 2. The van der Waals surface area contributed by atoms with Crippen molar-refractivity contribution in [3.05, 3.63) is 12.0 Å². The minimum absolute atomic E-state index is 0.108. The molecule has 2 aliphatic heterocycles. The summed E-state index contributed by atoms with van der Waals surface area (Å²) in [5.74, 6) is -0.0894. The third-order valence-electron chi connectivity index (χ3n) is 3.53. The van der Waals surface area contributed by atoms with Crippen LogP contribution in [0.25, 0.3) is 0 Å². The number of amides is 1. The second-order valence-corrected chi connectivity index (χ2v) is 6.28. The lowest BCUT2D eigenvalue weighted by Crippen LogP contribution is -2.37. The van der Waals surface area contributed by atoms with E-state index in [1.807, 2.05) is 0 Å². The smallest absolute Gasteiger partial charge is 0.387 e. The first-order valence-corrected chi connectivity index (χ1v) is 8.11. The van der Waals surface area contributed by atoms with Crippen LogP contribution in [-0.4, -0.2) is 67.0 Å². The van der Waals surface area contributed by atoms with Crippen molar-refractivity contribution >= 4 is 19.5 Å². The number of imidazole rings is 1. The first kappa shape index (κ1) is 16.3. The number of phosphoric acid groups is 1. The summed E-state index contributed by atoms with van der Waals surface area (Å²) in [6.07, 6.45) is -3.81. The van der Waals surface area contributed by atoms with Crippen LogP contribution < -0.4 is 10.6 Å². The average molecular weight is 350 g/mol. The van der Waals surface area contributed by atoms with Gasteiger partial charge in [0, 0.05) is 0 Å². The Morgan fingerprint density at radius 3 is 2.83 bits per heavy atom. The summed E-state index contributed by atoms with van der Waals surface area (Å²) in [6, 6.07) is 0. The molecule has 1 aromatic rings. The highest BCUT2D eigenvalue weighted by Crippen LogP contribution is 2.39. The first-order valence-electron chi connectivity index (χ1n) is 6.58. The molecule has 0 spiro atoms. The van der Waals surface area contributed by atoms with Crippen LogP contribution in [0.2, 0.25) is 0 Å². The number of hydrogen-bond donors (Lipinski definition) is 6. The van der Waals surface area contributed by atoms with Crippen molar-refractivity contribution in [1.29, 1.82) is 0 Å². The average Bonchev–Trinajstić information content (AvgIpc) is 3.01. The lowest BCUT2D eigenvalue weighted by Gasteiger charge is -2.22. The molecule has 1 fully saturated rings. The lowest BCUT2D eigenvalue weighted by atomic mass is 10.1. The van der Waals surface area contributed by atoms with Crippen LogP contribution in [0.5, 0.6) is 0 Å². The summed E-state index contributed by atoms with van der Waals surface area (Å²) in [5, 5.41) is 25.4. The van der Waals surface area contributed by atoms with E-state index < -0.39 is 44.9 Å². The van der Waals surface area contributed by atoms with Gasteiger partial charge in [0.1, 0.15) is 24.1 Å². The molecule has 1 aromatic heterocycles. The van der Waals surface area contributed by atoms with E-state index in [9.17, 15) is 19.6 Å². The first-order chi connectivity index (χ1) is 10.8. The van der Waals surface area contributed by atoms with Gasteiger partial charge in [0.05, 0.1) is 19.6 Å². The lowest BCUT2D eigenvalue weighted by molar-refractivity contribution is -0.0512. The van der Waals surface area contributed by atoms with Gasteiger partial charge in [-0.1, -0.05) is 0 Å². The Kier molecular flexibility index (Phi) is 4.14. The Labute approximate surface area is 129 Å². The number of aliphatic hydroxyl groups excluding tert-OH is 2. The maximum atomic E-state index is 11.7. The Hall–Kier alpha value is -1.53. The molecule has 6 N–H and O–H groups in total. The van der Waals surface area contributed by atoms with Crippen molar-refractivity contribution in [2.24, 2.45) is 0 Å². The minimum Gasteiger partial charge on any atom is -0.387 e. The van der Waals surface area contributed by atoms with E-state index in [1.165, 1.54) is 10.9 Å². The number of anilines is 1. The van der Waals surface area contributed by atoms with Gasteiger partial charge in [0.25, 0.3) is 5.91 Å². The van der Waals surface area contributed by atoms with Crippen molar-refractivity contribution in [2.45, 2.75) is 24.5 Å². The summed E-state index contributed by atoms with van der Waals surface area (Å²) in [5.41, 5.74) is 0.108. The Balaban J connectivity index is 1.79. The van der Waals surface area contributed by atoms with Crippen molar-refractivity contribution < 1.29 is 38.6 Å². The Bertz CT molecular complexity index is 659. The summed E-state index contributed by atoms with van der Waals surface area (Å²) >= 11 is 0. The molecular weight excluding hydrogens is 335 g/mol. The molecule has 12 nitrogen and oxygen atoms in total. The van der Waals surface area contributed by atoms with Crippen molar-refractivity contribution in [2.75, 3.05) is 18.6 Å². The van der Waals surface area contributed by atoms with Gasteiger partial charge < -0.3 is 35.4 Å². The number of carbonyl (C=O) groups excluding carboxylic acids is 1. The van der Waals surface area contributed by atoms with Crippen LogP contribution in [0.1, 0.15) is 16.7 Å². The number of carbonyl (C=O) groups is 1. The quantitative estimate of drug-likeness (QED) is 0.325. The van der Waals surface area contributed by atoms with E-state index in [0.29, 0.717) is 5.82 Å². The highest BCUT2D eigenvalue weighted by Gasteiger charge is 2.45. The van der Waals surface area contributed by atoms with E-state index in [4.69, 9.17) is 14.5 Å². The summed E-state index contributed by atoms with van der Waals surface area (Å²) in [6.45, 7) is -0.447. The summed E-state index contributed by atoms with van der Waals surface area (Å²) < 4.78 is 21.8. The van der Waals surface area contributed by atoms with Gasteiger partial charge in [0.15, 0.2) is 11.9 Å². The molecule has 0 aliphatic carbocycles. The third-order valence-corrected chi connectivity index (χ3v) is 4.02. The summed E-state index contributed by atoms with van der Waals surface area (Å²) in [4.78, 5) is 32.9.